The predicted molar refractivity (Wildman–Crippen MR) is 96.2 cm³/mol. The maximum Gasteiger partial charge on any atom is 0.224 e. The van der Waals surface area contributed by atoms with E-state index in [1.165, 1.54) is 10.4 Å². The van der Waals surface area contributed by atoms with Crippen LogP contribution in [0.2, 0.25) is 5.28 Å². The first-order valence-electron chi connectivity index (χ1n) is 7.54. The lowest BCUT2D eigenvalue weighted by atomic mass is 10.2. The number of ether oxygens (including phenoxy) is 1. The third-order valence-electron chi connectivity index (χ3n) is 3.70. The summed E-state index contributed by atoms with van der Waals surface area (Å²) in [5.74, 6) is 0.780. The van der Waals surface area contributed by atoms with Gasteiger partial charge in [-0.05, 0) is 55.1 Å². The van der Waals surface area contributed by atoms with Crippen LogP contribution in [0.5, 0.6) is 0 Å². The van der Waals surface area contributed by atoms with E-state index in [-0.39, 0.29) is 5.28 Å². The number of nitrogens with two attached hydrogens (primary N) is 1. The molecule has 0 saturated carbocycles. The monoisotopic (exact) mass is 350 g/mol. The Kier molecular flexibility index (Phi) is 5.15. The van der Waals surface area contributed by atoms with Gasteiger partial charge in [0.2, 0.25) is 5.28 Å². The number of halogens is 1. The van der Waals surface area contributed by atoms with E-state index in [1.807, 2.05) is 12.2 Å². The fourth-order valence-electron chi connectivity index (χ4n) is 2.47. The first-order chi connectivity index (χ1) is 11.2. The Morgan fingerprint density at radius 1 is 1.43 bits per heavy atom. The highest BCUT2D eigenvalue weighted by molar-refractivity contribution is 7.19. The second-order valence-electron chi connectivity index (χ2n) is 5.38. The van der Waals surface area contributed by atoms with Crippen molar-refractivity contribution in [3.05, 3.63) is 39.7 Å². The molecule has 7 heteroatoms. The van der Waals surface area contributed by atoms with Crippen LogP contribution >= 0.6 is 22.9 Å². The number of aromatic nitrogens is 2. The fourth-order valence-corrected chi connectivity index (χ4v) is 3.89. The highest BCUT2D eigenvalue weighted by Gasteiger charge is 2.15. The maximum atomic E-state index is 6.10. The van der Waals surface area contributed by atoms with Crippen LogP contribution < -0.4 is 11.1 Å². The standard InChI is InChI=1S/C16H19ClN4OS/c1-10-12(5-2-6-18)23-14-13(10)20-16(17)21-15(14)19-8-11-4-3-7-22-9-11/h3-4,7H,2,5-6,8-9,18H2,1H3,(H,19,20,21). The van der Waals surface area contributed by atoms with E-state index in [2.05, 4.69) is 22.2 Å². The van der Waals surface area contributed by atoms with Crippen molar-refractivity contribution < 1.29 is 4.74 Å². The molecule has 1 aliphatic heterocycles. The molecule has 0 saturated heterocycles. The Bertz CT molecular complexity index is 769. The molecule has 122 valence electrons. The molecule has 2 aromatic rings. The van der Waals surface area contributed by atoms with Gasteiger partial charge >= 0.3 is 0 Å². The van der Waals surface area contributed by atoms with E-state index in [0.717, 1.165) is 34.4 Å². The summed E-state index contributed by atoms with van der Waals surface area (Å²) >= 11 is 7.82. The molecule has 3 N–H and O–H groups in total. The summed E-state index contributed by atoms with van der Waals surface area (Å²) in [6.07, 6.45) is 7.56. The molecule has 2 aromatic heterocycles. The summed E-state index contributed by atoms with van der Waals surface area (Å²) < 4.78 is 6.34. The minimum Gasteiger partial charge on any atom is -0.497 e. The molecule has 1 aliphatic rings. The summed E-state index contributed by atoms with van der Waals surface area (Å²) in [4.78, 5) is 10.1. The van der Waals surface area contributed by atoms with Gasteiger partial charge < -0.3 is 15.8 Å². The molecule has 23 heavy (non-hydrogen) atoms. The molecular formula is C16H19ClN4OS. The molecule has 3 rings (SSSR count). The summed E-state index contributed by atoms with van der Waals surface area (Å²) in [5, 5.41) is 3.63. The average molecular weight is 351 g/mol. The van der Waals surface area contributed by atoms with Crippen LogP contribution in [-0.4, -0.2) is 29.7 Å². The van der Waals surface area contributed by atoms with Gasteiger partial charge in [0.05, 0.1) is 16.5 Å². The van der Waals surface area contributed by atoms with Crippen molar-refractivity contribution in [1.82, 2.24) is 9.97 Å². The molecular weight excluding hydrogens is 332 g/mol. The second-order valence-corrected chi connectivity index (χ2v) is 6.82. The van der Waals surface area contributed by atoms with Crippen LogP contribution in [0.25, 0.3) is 10.2 Å². The van der Waals surface area contributed by atoms with Crippen molar-refractivity contribution in [3.63, 3.8) is 0 Å². The molecule has 3 heterocycles. The number of nitrogens with one attached hydrogen (secondary N) is 1. The van der Waals surface area contributed by atoms with E-state index in [1.54, 1.807) is 17.6 Å². The summed E-state index contributed by atoms with van der Waals surface area (Å²) in [5.41, 5.74) is 8.89. The third-order valence-corrected chi connectivity index (χ3v) is 5.22. The van der Waals surface area contributed by atoms with E-state index in [0.29, 0.717) is 19.7 Å². The molecule has 0 aliphatic carbocycles. The largest absolute Gasteiger partial charge is 0.497 e. The van der Waals surface area contributed by atoms with E-state index in [9.17, 15) is 0 Å². The Morgan fingerprint density at radius 2 is 2.30 bits per heavy atom. The minimum absolute atomic E-state index is 0.264. The van der Waals surface area contributed by atoms with Crippen LogP contribution in [0.4, 0.5) is 5.82 Å². The fraction of sp³-hybridized carbons (Fsp3) is 0.375. The Hall–Kier alpha value is -1.63. The SMILES string of the molecule is Cc1c(CCCN)sc2c(NCC3=CC=COC3)nc(Cl)nc12. The maximum absolute atomic E-state index is 6.10. The molecule has 0 unspecified atom stereocenters. The van der Waals surface area contributed by atoms with Gasteiger partial charge in [0.1, 0.15) is 12.4 Å². The Labute approximate surface area is 144 Å². The van der Waals surface area contributed by atoms with Gasteiger partial charge in [0, 0.05) is 11.4 Å². The highest BCUT2D eigenvalue weighted by Crippen LogP contribution is 2.35. The van der Waals surface area contributed by atoms with Gasteiger partial charge in [-0.15, -0.1) is 11.3 Å². The zero-order valence-corrected chi connectivity index (χ0v) is 14.5. The van der Waals surface area contributed by atoms with Gasteiger partial charge in [-0.25, -0.2) is 4.98 Å². The average Bonchev–Trinajstić information content (AvgIpc) is 2.88. The lowest BCUT2D eigenvalue weighted by Gasteiger charge is -2.12. The van der Waals surface area contributed by atoms with Crippen molar-refractivity contribution in [1.29, 1.82) is 0 Å². The number of hydrogen-bond donors (Lipinski definition) is 2. The zero-order chi connectivity index (χ0) is 16.2. The lowest BCUT2D eigenvalue weighted by molar-refractivity contribution is 0.275. The van der Waals surface area contributed by atoms with Crippen LogP contribution in [0.3, 0.4) is 0 Å². The summed E-state index contributed by atoms with van der Waals surface area (Å²) in [7, 11) is 0. The molecule has 0 radical (unpaired) electrons. The quantitative estimate of drug-likeness (QED) is 0.781. The normalized spacial score (nSPS) is 14.0. The number of allylic oxidation sites excluding steroid dienone is 2. The summed E-state index contributed by atoms with van der Waals surface area (Å²) in [6.45, 7) is 4.03. The van der Waals surface area contributed by atoms with Crippen molar-refractivity contribution >= 4 is 39.0 Å². The lowest BCUT2D eigenvalue weighted by Crippen LogP contribution is -2.11. The zero-order valence-electron chi connectivity index (χ0n) is 12.9. The van der Waals surface area contributed by atoms with Crippen LogP contribution in [0.15, 0.2) is 24.0 Å². The number of nitrogens with zero attached hydrogens (tertiary/aromatic N) is 2. The molecule has 0 spiro atoms. The number of fused-ring (bicyclic) bond motifs is 1. The van der Waals surface area contributed by atoms with E-state index >= 15 is 0 Å². The highest BCUT2D eigenvalue weighted by atomic mass is 35.5. The van der Waals surface area contributed by atoms with Gasteiger partial charge in [-0.2, -0.15) is 4.98 Å². The van der Waals surface area contributed by atoms with E-state index in [4.69, 9.17) is 22.1 Å². The van der Waals surface area contributed by atoms with Gasteiger partial charge in [-0.1, -0.05) is 6.08 Å². The number of aryl methyl sites for hydroxylation is 2. The van der Waals surface area contributed by atoms with Crippen LogP contribution in [-0.2, 0) is 11.2 Å². The van der Waals surface area contributed by atoms with Crippen LogP contribution in [0, 0.1) is 6.92 Å². The van der Waals surface area contributed by atoms with Gasteiger partial charge in [0.15, 0.2) is 0 Å². The van der Waals surface area contributed by atoms with E-state index < -0.39 is 0 Å². The van der Waals surface area contributed by atoms with Gasteiger partial charge in [-0.3, -0.25) is 0 Å². The third kappa shape index (κ3) is 3.65. The Balaban J connectivity index is 1.89. The molecule has 0 aromatic carbocycles. The first kappa shape index (κ1) is 16.2. The molecule has 0 atom stereocenters. The Morgan fingerprint density at radius 3 is 3.04 bits per heavy atom. The van der Waals surface area contributed by atoms with Crippen molar-refractivity contribution in [2.24, 2.45) is 5.73 Å². The van der Waals surface area contributed by atoms with Crippen molar-refractivity contribution in [2.45, 2.75) is 19.8 Å². The topological polar surface area (TPSA) is 73.1 Å². The number of hydrogen-bond acceptors (Lipinski definition) is 6. The first-order valence-corrected chi connectivity index (χ1v) is 8.74. The second kappa shape index (κ2) is 7.29. The molecule has 5 nitrogen and oxygen atoms in total. The molecule has 0 amide bonds. The van der Waals surface area contributed by atoms with Gasteiger partial charge in [0.25, 0.3) is 0 Å². The van der Waals surface area contributed by atoms with Crippen molar-refractivity contribution in [3.8, 4) is 0 Å². The number of anilines is 1. The molecule has 0 fully saturated rings. The number of rotatable bonds is 6. The summed E-state index contributed by atoms with van der Waals surface area (Å²) in [6, 6.07) is 0. The van der Waals surface area contributed by atoms with Crippen LogP contribution in [0.1, 0.15) is 16.9 Å². The minimum atomic E-state index is 0.264. The van der Waals surface area contributed by atoms with Crippen molar-refractivity contribution in [2.75, 3.05) is 25.0 Å². The number of thiophene rings is 1. The smallest absolute Gasteiger partial charge is 0.224 e. The molecule has 0 bridgehead atoms. The predicted octanol–water partition coefficient (Wildman–Crippen LogP) is 3.43.